The van der Waals surface area contributed by atoms with Crippen LogP contribution in [0, 0.1) is 12.7 Å². The number of benzene rings is 1. The Balaban J connectivity index is 1.67. The number of rotatable bonds is 2. The molecule has 1 aromatic rings. The van der Waals surface area contributed by atoms with Crippen molar-refractivity contribution in [2.75, 3.05) is 23.4 Å². The van der Waals surface area contributed by atoms with Crippen LogP contribution in [-0.4, -0.2) is 29.8 Å². The second-order valence-corrected chi connectivity index (χ2v) is 6.74. The first-order valence-corrected chi connectivity index (χ1v) is 8.07. The highest BCUT2D eigenvalue weighted by Crippen LogP contribution is 2.39. The highest BCUT2D eigenvalue weighted by atomic mass is 32.2. The number of anilines is 1. The molecule has 2 unspecified atom stereocenters. The number of thioether (sulfide) groups is 1. The predicted molar refractivity (Wildman–Crippen MR) is 78.4 cm³/mol. The van der Waals surface area contributed by atoms with E-state index in [1.54, 1.807) is 6.92 Å². The molecule has 0 radical (unpaired) electrons. The smallest absolute Gasteiger partial charge is 0.126 e. The van der Waals surface area contributed by atoms with E-state index < -0.39 is 0 Å². The first-order valence-electron chi connectivity index (χ1n) is 6.91. The molecule has 2 aliphatic heterocycles. The molecule has 4 heteroatoms. The van der Waals surface area contributed by atoms with Gasteiger partial charge in [-0.05, 0) is 55.7 Å². The number of aryl methyl sites for hydroxylation is 1. The summed E-state index contributed by atoms with van der Waals surface area (Å²) < 4.78 is 19.3. The van der Waals surface area contributed by atoms with Crippen LogP contribution in [0.2, 0.25) is 0 Å². The Bertz CT molecular complexity index is 459. The second-order valence-electron chi connectivity index (χ2n) is 5.63. The lowest BCUT2D eigenvalue weighted by molar-refractivity contribution is -0.0628. The van der Waals surface area contributed by atoms with E-state index >= 15 is 0 Å². The quantitative estimate of drug-likeness (QED) is 0.895. The van der Waals surface area contributed by atoms with Crippen LogP contribution in [-0.2, 0) is 4.74 Å². The molecule has 2 saturated heterocycles. The Hall–Kier alpha value is -0.740. The van der Waals surface area contributed by atoms with Gasteiger partial charge in [-0.3, -0.25) is 0 Å². The Morgan fingerprint density at radius 1 is 1.47 bits per heavy atom. The zero-order valence-electron chi connectivity index (χ0n) is 11.2. The van der Waals surface area contributed by atoms with Crippen molar-refractivity contribution in [2.24, 2.45) is 0 Å². The van der Waals surface area contributed by atoms with Crippen LogP contribution in [0.3, 0.4) is 0 Å². The van der Waals surface area contributed by atoms with Gasteiger partial charge in [-0.2, -0.15) is 11.8 Å². The second kappa shape index (κ2) is 5.33. The number of nitrogens with one attached hydrogen (secondary N) is 1. The molecule has 1 spiro atoms. The van der Waals surface area contributed by atoms with Crippen molar-refractivity contribution in [3.63, 3.8) is 0 Å². The molecule has 0 aromatic heterocycles. The van der Waals surface area contributed by atoms with Gasteiger partial charge in [-0.1, -0.05) is 0 Å². The molecular weight excluding hydrogens is 261 g/mol. The predicted octanol–water partition coefficient (Wildman–Crippen LogP) is 3.60. The molecule has 1 aromatic carbocycles. The number of halogens is 1. The van der Waals surface area contributed by atoms with E-state index in [0.29, 0.717) is 11.6 Å². The Morgan fingerprint density at radius 2 is 2.37 bits per heavy atom. The van der Waals surface area contributed by atoms with Crippen LogP contribution in [0.5, 0.6) is 0 Å². The molecule has 2 fully saturated rings. The minimum absolute atomic E-state index is 0.0929. The molecule has 3 rings (SSSR count). The molecular formula is C15H20FNOS. The molecule has 0 amide bonds. The normalized spacial score (nSPS) is 30.7. The van der Waals surface area contributed by atoms with E-state index in [2.05, 4.69) is 5.32 Å². The van der Waals surface area contributed by atoms with Crippen molar-refractivity contribution in [3.8, 4) is 0 Å². The summed E-state index contributed by atoms with van der Waals surface area (Å²) in [5.41, 5.74) is 1.81. The molecule has 0 saturated carbocycles. The largest absolute Gasteiger partial charge is 0.382 e. The van der Waals surface area contributed by atoms with Gasteiger partial charge in [0.15, 0.2) is 0 Å². The summed E-state index contributed by atoms with van der Waals surface area (Å²) in [6, 6.07) is 5.70. The Morgan fingerprint density at radius 3 is 3.11 bits per heavy atom. The Labute approximate surface area is 118 Å². The molecule has 2 atom stereocenters. The van der Waals surface area contributed by atoms with Crippen molar-refractivity contribution in [3.05, 3.63) is 29.6 Å². The van der Waals surface area contributed by atoms with Gasteiger partial charge in [-0.15, -0.1) is 0 Å². The van der Waals surface area contributed by atoms with Gasteiger partial charge in [0.25, 0.3) is 0 Å². The fourth-order valence-corrected chi connectivity index (χ4v) is 4.36. The van der Waals surface area contributed by atoms with E-state index in [1.807, 2.05) is 23.9 Å². The molecule has 2 heterocycles. The summed E-state index contributed by atoms with van der Waals surface area (Å²) in [6.07, 6.45) is 3.26. The maximum Gasteiger partial charge on any atom is 0.126 e. The van der Waals surface area contributed by atoms with Crippen LogP contribution >= 0.6 is 11.8 Å². The third-order valence-corrected chi connectivity index (χ3v) is 5.31. The minimum Gasteiger partial charge on any atom is -0.382 e. The third-order valence-electron chi connectivity index (χ3n) is 4.09. The highest BCUT2D eigenvalue weighted by molar-refractivity contribution is 7.99. The first kappa shape index (κ1) is 13.3. The summed E-state index contributed by atoms with van der Waals surface area (Å²) in [4.78, 5) is 0. The lowest BCUT2D eigenvalue weighted by Crippen LogP contribution is -2.44. The number of ether oxygens (including phenoxy) is 1. The average molecular weight is 281 g/mol. The Kier molecular flexibility index (Phi) is 3.72. The van der Waals surface area contributed by atoms with Crippen molar-refractivity contribution >= 4 is 17.4 Å². The van der Waals surface area contributed by atoms with Crippen molar-refractivity contribution in [1.29, 1.82) is 0 Å². The number of hydrogen-bond donors (Lipinski definition) is 1. The van der Waals surface area contributed by atoms with Crippen LogP contribution in [0.15, 0.2) is 18.2 Å². The third kappa shape index (κ3) is 2.90. The summed E-state index contributed by atoms with van der Waals surface area (Å²) in [7, 11) is 0. The van der Waals surface area contributed by atoms with E-state index in [9.17, 15) is 4.39 Å². The van der Waals surface area contributed by atoms with E-state index in [1.165, 1.54) is 11.8 Å². The van der Waals surface area contributed by atoms with Gasteiger partial charge in [0, 0.05) is 24.1 Å². The SMILES string of the molecule is Cc1cc(NC2CCOC3(CCSC3)C2)ccc1F. The average Bonchev–Trinajstić information content (AvgIpc) is 2.82. The molecule has 104 valence electrons. The first-order chi connectivity index (χ1) is 9.17. The molecule has 0 aliphatic carbocycles. The van der Waals surface area contributed by atoms with Crippen molar-refractivity contribution in [2.45, 2.75) is 37.8 Å². The van der Waals surface area contributed by atoms with Crippen LogP contribution in [0.4, 0.5) is 10.1 Å². The van der Waals surface area contributed by atoms with Crippen LogP contribution in [0.1, 0.15) is 24.8 Å². The van der Waals surface area contributed by atoms with Crippen molar-refractivity contribution < 1.29 is 9.13 Å². The highest BCUT2D eigenvalue weighted by Gasteiger charge is 2.40. The van der Waals surface area contributed by atoms with Gasteiger partial charge in [-0.25, -0.2) is 4.39 Å². The fraction of sp³-hybridized carbons (Fsp3) is 0.600. The molecule has 2 aliphatic rings. The van der Waals surface area contributed by atoms with E-state index in [0.717, 1.165) is 37.3 Å². The molecule has 1 N–H and O–H groups in total. The maximum absolute atomic E-state index is 13.3. The van der Waals surface area contributed by atoms with Gasteiger partial charge >= 0.3 is 0 Å². The van der Waals surface area contributed by atoms with E-state index in [-0.39, 0.29) is 11.4 Å². The molecule has 0 bridgehead atoms. The fourth-order valence-electron chi connectivity index (χ4n) is 2.98. The van der Waals surface area contributed by atoms with Gasteiger partial charge in [0.05, 0.1) is 5.60 Å². The number of hydrogen-bond acceptors (Lipinski definition) is 3. The topological polar surface area (TPSA) is 21.3 Å². The standard InChI is InChI=1S/C15H20FNOS/c1-11-8-12(2-3-14(11)16)17-13-4-6-18-15(9-13)5-7-19-10-15/h2-3,8,13,17H,4-7,9-10H2,1H3. The minimum atomic E-state index is -0.138. The van der Waals surface area contributed by atoms with Gasteiger partial charge in [0.2, 0.25) is 0 Å². The summed E-state index contributed by atoms with van der Waals surface area (Å²) in [6.45, 7) is 2.64. The lowest BCUT2D eigenvalue weighted by atomic mass is 9.89. The summed E-state index contributed by atoms with van der Waals surface area (Å²) >= 11 is 1.99. The molecule has 19 heavy (non-hydrogen) atoms. The summed E-state index contributed by atoms with van der Waals surface area (Å²) in [5.74, 6) is 2.19. The van der Waals surface area contributed by atoms with E-state index in [4.69, 9.17) is 4.74 Å². The van der Waals surface area contributed by atoms with Gasteiger partial charge in [0.1, 0.15) is 5.82 Å². The van der Waals surface area contributed by atoms with Crippen LogP contribution in [0.25, 0.3) is 0 Å². The van der Waals surface area contributed by atoms with Crippen LogP contribution < -0.4 is 5.32 Å². The summed E-state index contributed by atoms with van der Waals surface area (Å²) in [5, 5.41) is 3.54. The zero-order chi connectivity index (χ0) is 13.3. The van der Waals surface area contributed by atoms with Crippen molar-refractivity contribution in [1.82, 2.24) is 0 Å². The zero-order valence-corrected chi connectivity index (χ0v) is 12.1. The lowest BCUT2D eigenvalue weighted by Gasteiger charge is -2.38. The monoisotopic (exact) mass is 281 g/mol. The maximum atomic E-state index is 13.3. The molecule has 2 nitrogen and oxygen atoms in total. The van der Waals surface area contributed by atoms with Gasteiger partial charge < -0.3 is 10.1 Å².